The summed E-state index contributed by atoms with van der Waals surface area (Å²) in [5.41, 5.74) is 1.27. The summed E-state index contributed by atoms with van der Waals surface area (Å²) in [5.74, 6) is 0.968. The van der Waals surface area contributed by atoms with Crippen molar-refractivity contribution in [2.24, 2.45) is 0 Å². The van der Waals surface area contributed by atoms with Gasteiger partial charge in [-0.1, -0.05) is 41.9 Å². The second-order valence-electron chi connectivity index (χ2n) is 7.37. The normalized spacial score (nSPS) is 15.1. The van der Waals surface area contributed by atoms with E-state index in [1.807, 2.05) is 12.1 Å². The van der Waals surface area contributed by atoms with Crippen LogP contribution in [0.1, 0.15) is 12.8 Å². The van der Waals surface area contributed by atoms with Gasteiger partial charge in [0.2, 0.25) is 0 Å². The quantitative estimate of drug-likeness (QED) is 0.494. The molecule has 0 N–H and O–H groups in total. The van der Waals surface area contributed by atoms with Gasteiger partial charge in [-0.25, -0.2) is 0 Å². The van der Waals surface area contributed by atoms with Crippen molar-refractivity contribution in [1.29, 1.82) is 0 Å². The molecular weight excluding hydrogens is 368 g/mol. The predicted octanol–water partition coefficient (Wildman–Crippen LogP) is 5.47. The molecule has 4 rings (SSSR count). The number of benzene rings is 3. The molecule has 3 aromatic carbocycles. The highest BCUT2D eigenvalue weighted by atomic mass is 35.5. The van der Waals surface area contributed by atoms with E-state index in [4.69, 9.17) is 16.3 Å². The lowest BCUT2D eigenvalue weighted by molar-refractivity contribution is 0.238. The number of piperazine rings is 1. The molecule has 1 aliphatic rings. The first-order valence-corrected chi connectivity index (χ1v) is 10.5. The van der Waals surface area contributed by atoms with E-state index in [0.717, 1.165) is 56.5 Å². The second-order valence-corrected chi connectivity index (χ2v) is 7.81. The molecule has 0 atom stereocenters. The third-order valence-corrected chi connectivity index (χ3v) is 5.67. The monoisotopic (exact) mass is 394 g/mol. The fraction of sp³-hybridized carbons (Fsp3) is 0.333. The summed E-state index contributed by atoms with van der Waals surface area (Å²) < 4.78 is 5.95. The maximum absolute atomic E-state index is 5.98. The van der Waals surface area contributed by atoms with Crippen LogP contribution in [0.5, 0.6) is 5.75 Å². The number of fused-ring (bicyclic) bond motifs is 1. The van der Waals surface area contributed by atoms with Gasteiger partial charge in [-0.3, -0.25) is 4.90 Å². The topological polar surface area (TPSA) is 15.7 Å². The Labute approximate surface area is 172 Å². The van der Waals surface area contributed by atoms with Crippen LogP contribution in [0.2, 0.25) is 5.02 Å². The number of halogens is 1. The molecule has 1 aliphatic heterocycles. The number of unbranched alkanes of at least 4 members (excludes halogenated alkanes) is 1. The Balaban J connectivity index is 1.14. The van der Waals surface area contributed by atoms with Gasteiger partial charge in [0.05, 0.1) is 6.61 Å². The summed E-state index contributed by atoms with van der Waals surface area (Å²) >= 11 is 5.98. The van der Waals surface area contributed by atoms with Gasteiger partial charge in [0.1, 0.15) is 5.75 Å². The molecule has 1 fully saturated rings. The largest absolute Gasteiger partial charge is 0.494 e. The van der Waals surface area contributed by atoms with Gasteiger partial charge in [0.25, 0.3) is 0 Å². The standard InChI is InChI=1S/C24H27ClN2O/c25-22-8-10-23(11-9-22)27-16-14-26(15-17-27)13-3-4-18-28-24-12-7-20-5-1-2-6-21(20)19-24/h1-2,5-12,19H,3-4,13-18H2. The van der Waals surface area contributed by atoms with E-state index in [1.165, 1.54) is 22.9 Å². The molecule has 28 heavy (non-hydrogen) atoms. The SMILES string of the molecule is Clc1ccc(N2CCN(CCCCOc3ccc4ccccc4c3)CC2)cc1. The van der Waals surface area contributed by atoms with Crippen LogP contribution in [0.15, 0.2) is 66.7 Å². The summed E-state index contributed by atoms with van der Waals surface area (Å²) in [4.78, 5) is 5.00. The van der Waals surface area contributed by atoms with E-state index in [9.17, 15) is 0 Å². The van der Waals surface area contributed by atoms with Crippen LogP contribution < -0.4 is 9.64 Å². The van der Waals surface area contributed by atoms with Crippen LogP contribution >= 0.6 is 11.6 Å². The minimum atomic E-state index is 0.781. The van der Waals surface area contributed by atoms with Gasteiger partial charge >= 0.3 is 0 Å². The molecule has 3 nitrogen and oxygen atoms in total. The molecule has 0 amide bonds. The third kappa shape index (κ3) is 4.98. The minimum Gasteiger partial charge on any atom is -0.494 e. The minimum absolute atomic E-state index is 0.781. The van der Waals surface area contributed by atoms with Crippen molar-refractivity contribution in [2.45, 2.75) is 12.8 Å². The van der Waals surface area contributed by atoms with E-state index < -0.39 is 0 Å². The van der Waals surface area contributed by atoms with E-state index >= 15 is 0 Å². The van der Waals surface area contributed by atoms with Crippen molar-refractivity contribution in [3.8, 4) is 5.75 Å². The van der Waals surface area contributed by atoms with Crippen molar-refractivity contribution >= 4 is 28.1 Å². The van der Waals surface area contributed by atoms with E-state index in [0.29, 0.717) is 0 Å². The molecule has 3 aromatic rings. The zero-order valence-electron chi connectivity index (χ0n) is 16.2. The summed E-state index contributed by atoms with van der Waals surface area (Å²) in [7, 11) is 0. The van der Waals surface area contributed by atoms with Crippen LogP contribution in [-0.2, 0) is 0 Å². The molecule has 0 bridgehead atoms. The van der Waals surface area contributed by atoms with Crippen molar-refractivity contribution in [3.05, 3.63) is 71.8 Å². The van der Waals surface area contributed by atoms with E-state index in [1.54, 1.807) is 0 Å². The van der Waals surface area contributed by atoms with Crippen molar-refractivity contribution < 1.29 is 4.74 Å². The van der Waals surface area contributed by atoms with Gasteiger partial charge in [0, 0.05) is 36.9 Å². The van der Waals surface area contributed by atoms with Crippen LogP contribution in [0, 0.1) is 0 Å². The first-order chi connectivity index (χ1) is 13.8. The van der Waals surface area contributed by atoms with Crippen LogP contribution in [0.4, 0.5) is 5.69 Å². The highest BCUT2D eigenvalue weighted by Crippen LogP contribution is 2.21. The average Bonchev–Trinajstić information content (AvgIpc) is 2.74. The lowest BCUT2D eigenvalue weighted by atomic mass is 10.1. The second kappa shape index (κ2) is 9.31. The van der Waals surface area contributed by atoms with E-state index in [-0.39, 0.29) is 0 Å². The number of hydrogen-bond donors (Lipinski definition) is 0. The molecule has 0 saturated carbocycles. The fourth-order valence-electron chi connectivity index (χ4n) is 3.77. The lowest BCUT2D eigenvalue weighted by Gasteiger charge is -2.36. The number of ether oxygens (including phenoxy) is 1. The van der Waals surface area contributed by atoms with Gasteiger partial charge in [0.15, 0.2) is 0 Å². The molecule has 1 saturated heterocycles. The first kappa shape index (κ1) is 19.1. The lowest BCUT2D eigenvalue weighted by Crippen LogP contribution is -2.46. The Morgan fingerprint density at radius 1 is 0.786 bits per heavy atom. The summed E-state index contributed by atoms with van der Waals surface area (Å²) in [5, 5.41) is 3.29. The molecule has 1 heterocycles. The first-order valence-electron chi connectivity index (χ1n) is 10.1. The highest BCUT2D eigenvalue weighted by Gasteiger charge is 2.16. The maximum atomic E-state index is 5.98. The Hall–Kier alpha value is -2.23. The number of anilines is 1. The average molecular weight is 395 g/mol. The predicted molar refractivity (Wildman–Crippen MR) is 119 cm³/mol. The maximum Gasteiger partial charge on any atom is 0.119 e. The van der Waals surface area contributed by atoms with Crippen LogP contribution in [0.25, 0.3) is 10.8 Å². The molecule has 0 aromatic heterocycles. The van der Waals surface area contributed by atoms with Gasteiger partial charge in [-0.2, -0.15) is 0 Å². The summed E-state index contributed by atoms with van der Waals surface area (Å²) in [6.07, 6.45) is 2.26. The highest BCUT2D eigenvalue weighted by molar-refractivity contribution is 6.30. The van der Waals surface area contributed by atoms with Gasteiger partial charge in [-0.15, -0.1) is 0 Å². The number of rotatable bonds is 7. The fourth-order valence-corrected chi connectivity index (χ4v) is 3.89. The Kier molecular flexibility index (Phi) is 6.35. The zero-order valence-corrected chi connectivity index (χ0v) is 16.9. The van der Waals surface area contributed by atoms with Crippen molar-refractivity contribution in [1.82, 2.24) is 4.90 Å². The van der Waals surface area contributed by atoms with Crippen molar-refractivity contribution in [3.63, 3.8) is 0 Å². The molecule has 0 radical (unpaired) electrons. The molecular formula is C24H27ClN2O. The molecule has 4 heteroatoms. The van der Waals surface area contributed by atoms with Gasteiger partial charge < -0.3 is 9.64 Å². The van der Waals surface area contributed by atoms with Crippen LogP contribution in [0.3, 0.4) is 0 Å². The molecule has 146 valence electrons. The Morgan fingerprint density at radius 2 is 1.54 bits per heavy atom. The van der Waals surface area contributed by atoms with Gasteiger partial charge in [-0.05, 0) is 66.6 Å². The Bertz CT molecular complexity index is 889. The smallest absolute Gasteiger partial charge is 0.119 e. The Morgan fingerprint density at radius 3 is 2.32 bits per heavy atom. The zero-order chi connectivity index (χ0) is 19.2. The summed E-state index contributed by atoms with van der Waals surface area (Å²) in [6, 6.07) is 22.9. The molecule has 0 spiro atoms. The number of nitrogens with zero attached hydrogens (tertiary/aromatic N) is 2. The van der Waals surface area contributed by atoms with E-state index in [2.05, 4.69) is 64.4 Å². The molecule has 0 aliphatic carbocycles. The van der Waals surface area contributed by atoms with Crippen LogP contribution in [-0.4, -0.2) is 44.2 Å². The number of hydrogen-bond acceptors (Lipinski definition) is 3. The summed E-state index contributed by atoms with van der Waals surface area (Å²) in [6.45, 7) is 6.32. The molecule has 0 unspecified atom stereocenters. The van der Waals surface area contributed by atoms with Crippen molar-refractivity contribution in [2.75, 3.05) is 44.2 Å². The third-order valence-electron chi connectivity index (χ3n) is 5.42.